The van der Waals surface area contributed by atoms with E-state index in [1.165, 1.54) is 0 Å². The molecule has 0 spiro atoms. The highest BCUT2D eigenvalue weighted by Crippen LogP contribution is 2.35. The summed E-state index contributed by atoms with van der Waals surface area (Å²) in [6, 6.07) is 7.22. The predicted molar refractivity (Wildman–Crippen MR) is 68.6 cm³/mol. The Balaban J connectivity index is 2.12. The van der Waals surface area contributed by atoms with Gasteiger partial charge in [0.1, 0.15) is 5.82 Å². The summed E-state index contributed by atoms with van der Waals surface area (Å²) in [4.78, 5) is 0. The molecule has 0 unspecified atom stereocenters. The minimum atomic E-state index is -0.0480. The summed E-state index contributed by atoms with van der Waals surface area (Å²) in [6.45, 7) is 1.84. The van der Waals surface area contributed by atoms with Gasteiger partial charge in [0.05, 0.1) is 0 Å². The van der Waals surface area contributed by atoms with Gasteiger partial charge in [0, 0.05) is 18.5 Å². The fourth-order valence-corrected chi connectivity index (χ4v) is 2.81. The second-order valence-electron chi connectivity index (χ2n) is 4.46. The lowest BCUT2D eigenvalue weighted by molar-refractivity contribution is 0.248. The minimum Gasteiger partial charge on any atom is -0.315 e. The van der Waals surface area contributed by atoms with Crippen molar-refractivity contribution in [3.63, 3.8) is 0 Å². The van der Waals surface area contributed by atoms with Gasteiger partial charge in [0.15, 0.2) is 0 Å². The third-order valence-electron chi connectivity index (χ3n) is 3.38. The Hall–Kier alpha value is -0.540. The van der Waals surface area contributed by atoms with Crippen LogP contribution in [0.2, 0.25) is 0 Å². The molecule has 1 aliphatic heterocycles. The Kier molecular flexibility index (Phi) is 3.87. The van der Waals surface area contributed by atoms with Crippen LogP contribution in [0.25, 0.3) is 0 Å². The summed E-state index contributed by atoms with van der Waals surface area (Å²) in [5, 5.41) is 3.28. The average molecular weight is 239 g/mol. The van der Waals surface area contributed by atoms with Crippen LogP contribution in [0.5, 0.6) is 0 Å². The number of halogens is 1. The molecular weight excluding hydrogens is 221 g/mol. The monoisotopic (exact) mass is 239 g/mol. The smallest absolute Gasteiger partial charge is 0.127 e. The van der Waals surface area contributed by atoms with E-state index in [0.29, 0.717) is 0 Å². The molecule has 0 amide bonds. The van der Waals surface area contributed by atoms with Crippen LogP contribution in [0.3, 0.4) is 0 Å². The molecule has 1 aliphatic rings. The number of nitrogens with one attached hydrogen (secondary N) is 1. The van der Waals surface area contributed by atoms with Crippen LogP contribution in [0.15, 0.2) is 24.3 Å². The number of benzene rings is 1. The van der Waals surface area contributed by atoms with Crippen molar-refractivity contribution in [2.45, 2.75) is 18.3 Å². The number of hydrogen-bond acceptors (Lipinski definition) is 2. The summed E-state index contributed by atoms with van der Waals surface area (Å²) in [6.07, 6.45) is 4.37. The van der Waals surface area contributed by atoms with E-state index in [4.69, 9.17) is 0 Å². The number of thioether (sulfide) groups is 1. The van der Waals surface area contributed by atoms with E-state index in [-0.39, 0.29) is 11.2 Å². The summed E-state index contributed by atoms with van der Waals surface area (Å²) < 4.78 is 13.8. The first-order valence-corrected chi connectivity index (χ1v) is 7.12. The molecule has 0 aromatic heterocycles. The molecule has 0 saturated carbocycles. The van der Waals surface area contributed by atoms with E-state index < -0.39 is 0 Å². The van der Waals surface area contributed by atoms with Crippen molar-refractivity contribution >= 4 is 11.8 Å². The van der Waals surface area contributed by atoms with Crippen molar-refractivity contribution in [1.29, 1.82) is 0 Å². The van der Waals surface area contributed by atoms with Gasteiger partial charge >= 0.3 is 0 Å². The molecule has 2 rings (SSSR count). The minimum absolute atomic E-state index is 0.0480. The van der Waals surface area contributed by atoms with Crippen LogP contribution in [0.1, 0.15) is 18.4 Å². The van der Waals surface area contributed by atoms with Crippen LogP contribution in [0.4, 0.5) is 4.39 Å². The lowest BCUT2D eigenvalue weighted by Crippen LogP contribution is -2.57. The molecule has 88 valence electrons. The molecule has 1 heterocycles. The van der Waals surface area contributed by atoms with Gasteiger partial charge in [0.2, 0.25) is 0 Å². The summed E-state index contributed by atoms with van der Waals surface area (Å²) in [5.41, 5.74) is 0.955. The molecule has 1 nitrogen and oxygen atoms in total. The molecule has 16 heavy (non-hydrogen) atoms. The van der Waals surface area contributed by atoms with Gasteiger partial charge in [-0.1, -0.05) is 18.2 Å². The first-order chi connectivity index (χ1) is 7.78. The Morgan fingerprint density at radius 2 is 2.12 bits per heavy atom. The van der Waals surface area contributed by atoms with Gasteiger partial charge in [-0.15, -0.1) is 0 Å². The lowest BCUT2D eigenvalue weighted by atomic mass is 9.72. The zero-order valence-electron chi connectivity index (χ0n) is 9.63. The Morgan fingerprint density at radius 1 is 1.38 bits per heavy atom. The topological polar surface area (TPSA) is 12.0 Å². The summed E-state index contributed by atoms with van der Waals surface area (Å²) in [7, 11) is 0. The third kappa shape index (κ3) is 2.25. The predicted octanol–water partition coefficient (Wildman–Crippen LogP) is 2.81. The number of rotatable bonds is 5. The quantitative estimate of drug-likeness (QED) is 0.793. The normalized spacial score (nSPS) is 18.1. The number of hydrogen-bond donors (Lipinski definition) is 1. The standard InChI is InChI=1S/C13H18FNS/c1-16-8-4-7-13(9-15-10-13)11-5-2-3-6-12(11)14/h2-3,5-6,15H,4,7-10H2,1H3. The molecule has 0 bridgehead atoms. The van der Waals surface area contributed by atoms with E-state index in [0.717, 1.165) is 37.2 Å². The van der Waals surface area contributed by atoms with E-state index in [2.05, 4.69) is 11.6 Å². The van der Waals surface area contributed by atoms with E-state index in [1.807, 2.05) is 23.9 Å². The first-order valence-electron chi connectivity index (χ1n) is 5.73. The maximum absolute atomic E-state index is 13.8. The molecule has 0 atom stereocenters. The van der Waals surface area contributed by atoms with E-state index >= 15 is 0 Å². The molecule has 0 radical (unpaired) electrons. The maximum Gasteiger partial charge on any atom is 0.127 e. The highest BCUT2D eigenvalue weighted by molar-refractivity contribution is 7.98. The Labute approximate surface area is 101 Å². The van der Waals surface area contributed by atoms with Crippen molar-refractivity contribution in [1.82, 2.24) is 5.32 Å². The highest BCUT2D eigenvalue weighted by atomic mass is 32.2. The molecule has 1 aromatic carbocycles. The van der Waals surface area contributed by atoms with Crippen LogP contribution < -0.4 is 5.32 Å². The SMILES string of the molecule is CSCCCC1(c2ccccc2F)CNC1. The largest absolute Gasteiger partial charge is 0.315 e. The second-order valence-corrected chi connectivity index (χ2v) is 5.45. The van der Waals surface area contributed by atoms with Crippen molar-refractivity contribution in [2.24, 2.45) is 0 Å². The molecule has 1 saturated heterocycles. The Morgan fingerprint density at radius 3 is 2.69 bits per heavy atom. The van der Waals surface area contributed by atoms with Crippen molar-refractivity contribution in [3.05, 3.63) is 35.6 Å². The molecule has 1 fully saturated rings. The fourth-order valence-electron chi connectivity index (χ4n) is 2.37. The molecule has 3 heteroatoms. The maximum atomic E-state index is 13.8. The van der Waals surface area contributed by atoms with Crippen LogP contribution in [0, 0.1) is 5.82 Å². The zero-order valence-corrected chi connectivity index (χ0v) is 10.4. The molecule has 1 N–H and O–H groups in total. The van der Waals surface area contributed by atoms with Gasteiger partial charge < -0.3 is 5.32 Å². The van der Waals surface area contributed by atoms with Crippen molar-refractivity contribution < 1.29 is 4.39 Å². The van der Waals surface area contributed by atoms with Crippen LogP contribution >= 0.6 is 11.8 Å². The highest BCUT2D eigenvalue weighted by Gasteiger charge is 2.39. The van der Waals surface area contributed by atoms with Gasteiger partial charge in [-0.25, -0.2) is 4.39 Å². The van der Waals surface area contributed by atoms with Gasteiger partial charge in [-0.2, -0.15) is 11.8 Å². The summed E-state index contributed by atoms with van der Waals surface area (Å²) >= 11 is 1.86. The van der Waals surface area contributed by atoms with Crippen LogP contribution in [-0.2, 0) is 5.41 Å². The van der Waals surface area contributed by atoms with Crippen LogP contribution in [-0.4, -0.2) is 25.1 Å². The van der Waals surface area contributed by atoms with Crippen molar-refractivity contribution in [3.8, 4) is 0 Å². The average Bonchev–Trinajstić information content (AvgIpc) is 2.24. The molecule has 1 aromatic rings. The van der Waals surface area contributed by atoms with Gasteiger partial charge in [0.25, 0.3) is 0 Å². The van der Waals surface area contributed by atoms with Crippen molar-refractivity contribution in [2.75, 3.05) is 25.1 Å². The lowest BCUT2D eigenvalue weighted by Gasteiger charge is -2.43. The fraction of sp³-hybridized carbons (Fsp3) is 0.538. The second kappa shape index (κ2) is 5.19. The molecular formula is C13H18FNS. The van der Waals surface area contributed by atoms with Gasteiger partial charge in [-0.3, -0.25) is 0 Å². The summed E-state index contributed by atoms with van der Waals surface area (Å²) in [5.74, 6) is 1.11. The van der Waals surface area contributed by atoms with E-state index in [9.17, 15) is 4.39 Å². The zero-order chi connectivity index (χ0) is 11.4. The third-order valence-corrected chi connectivity index (χ3v) is 4.07. The first kappa shape index (κ1) is 11.9. The van der Waals surface area contributed by atoms with Gasteiger partial charge in [-0.05, 0) is 36.5 Å². The molecule has 0 aliphatic carbocycles. The Bertz CT molecular complexity index is 350. The van der Waals surface area contributed by atoms with E-state index in [1.54, 1.807) is 12.1 Å².